The van der Waals surface area contributed by atoms with Gasteiger partial charge in [-0.3, -0.25) is 9.78 Å². The number of anilines is 1. The molecule has 0 aliphatic carbocycles. The number of nitrogens with zero attached hydrogens (tertiary/aromatic N) is 1. The van der Waals surface area contributed by atoms with E-state index in [1.807, 2.05) is 6.92 Å². The second kappa shape index (κ2) is 6.59. The zero-order valence-electron chi connectivity index (χ0n) is 9.56. The van der Waals surface area contributed by atoms with Crippen LogP contribution in [0.3, 0.4) is 0 Å². The van der Waals surface area contributed by atoms with Crippen molar-refractivity contribution in [1.82, 2.24) is 10.3 Å². The summed E-state index contributed by atoms with van der Waals surface area (Å²) in [5.41, 5.74) is 0.428. The fourth-order valence-corrected chi connectivity index (χ4v) is 1.21. The first-order valence-corrected chi connectivity index (χ1v) is 5.32. The lowest BCUT2D eigenvalue weighted by molar-refractivity contribution is -0.115. The molecule has 1 amide bonds. The maximum atomic E-state index is 11.4. The van der Waals surface area contributed by atoms with Crippen molar-refractivity contribution >= 4 is 17.6 Å². The van der Waals surface area contributed by atoms with Gasteiger partial charge in [-0.15, -0.1) is 0 Å². The Morgan fingerprint density at radius 1 is 1.41 bits per heavy atom. The molecular formula is C11H15N3O3. The van der Waals surface area contributed by atoms with Gasteiger partial charge in [0.1, 0.15) is 0 Å². The summed E-state index contributed by atoms with van der Waals surface area (Å²) >= 11 is 0. The van der Waals surface area contributed by atoms with Crippen molar-refractivity contribution in [2.75, 3.05) is 18.4 Å². The Morgan fingerprint density at radius 3 is 2.82 bits per heavy atom. The van der Waals surface area contributed by atoms with Crippen LogP contribution in [-0.4, -0.2) is 35.1 Å². The summed E-state index contributed by atoms with van der Waals surface area (Å²) in [5.74, 6) is -1.29. The largest absolute Gasteiger partial charge is 0.478 e. The molecular weight excluding hydrogens is 222 g/mol. The molecule has 1 heterocycles. The molecule has 0 fully saturated rings. The highest BCUT2D eigenvalue weighted by molar-refractivity contribution is 5.94. The van der Waals surface area contributed by atoms with Crippen LogP contribution in [0, 0.1) is 0 Å². The quantitative estimate of drug-likeness (QED) is 0.634. The number of hydrogen-bond donors (Lipinski definition) is 3. The fourth-order valence-electron chi connectivity index (χ4n) is 1.21. The van der Waals surface area contributed by atoms with E-state index in [0.717, 1.165) is 13.0 Å². The van der Waals surface area contributed by atoms with Crippen LogP contribution >= 0.6 is 0 Å². The highest BCUT2D eigenvalue weighted by atomic mass is 16.4. The maximum Gasteiger partial charge on any atom is 0.337 e. The molecule has 6 heteroatoms. The predicted octanol–water partition coefficient (Wildman–Crippen LogP) is 0.718. The normalized spacial score (nSPS) is 9.94. The van der Waals surface area contributed by atoms with Gasteiger partial charge in [-0.05, 0) is 19.0 Å². The number of carbonyl (C=O) groups excluding carboxylic acids is 1. The van der Waals surface area contributed by atoms with Gasteiger partial charge < -0.3 is 15.7 Å². The molecule has 0 bridgehead atoms. The van der Waals surface area contributed by atoms with Crippen LogP contribution in [0.5, 0.6) is 0 Å². The Balaban J connectivity index is 2.53. The van der Waals surface area contributed by atoms with Crippen LogP contribution in [-0.2, 0) is 4.79 Å². The molecule has 0 saturated carbocycles. The Labute approximate surface area is 99.1 Å². The highest BCUT2D eigenvalue weighted by Crippen LogP contribution is 2.07. The standard InChI is InChI=1S/C11H15N3O3/c1-2-3-12-7-10(15)14-9-4-8(11(16)17)5-13-6-9/h4-6,12H,2-3,7H2,1H3,(H,14,15)(H,16,17). The molecule has 17 heavy (non-hydrogen) atoms. The monoisotopic (exact) mass is 237 g/mol. The third-order valence-electron chi connectivity index (χ3n) is 1.98. The third kappa shape index (κ3) is 4.60. The number of amides is 1. The minimum absolute atomic E-state index is 0.0457. The van der Waals surface area contributed by atoms with Gasteiger partial charge in [0.2, 0.25) is 5.91 Å². The molecule has 1 aromatic heterocycles. The SMILES string of the molecule is CCCNCC(=O)Nc1cncc(C(=O)O)c1. The minimum atomic E-state index is -1.07. The number of hydrogen-bond acceptors (Lipinski definition) is 4. The van der Waals surface area contributed by atoms with E-state index in [0.29, 0.717) is 5.69 Å². The third-order valence-corrected chi connectivity index (χ3v) is 1.98. The van der Waals surface area contributed by atoms with Crippen molar-refractivity contribution in [3.05, 3.63) is 24.0 Å². The van der Waals surface area contributed by atoms with Gasteiger partial charge in [-0.1, -0.05) is 6.92 Å². The first kappa shape index (κ1) is 13.1. The van der Waals surface area contributed by atoms with E-state index in [1.54, 1.807) is 0 Å². The summed E-state index contributed by atoms with van der Waals surface area (Å²) in [4.78, 5) is 25.8. The number of aromatic carboxylic acids is 1. The van der Waals surface area contributed by atoms with Crippen LogP contribution in [0.25, 0.3) is 0 Å². The number of nitrogens with one attached hydrogen (secondary N) is 2. The lowest BCUT2D eigenvalue weighted by Gasteiger charge is -2.06. The molecule has 0 unspecified atom stereocenters. The smallest absolute Gasteiger partial charge is 0.337 e. The molecule has 0 atom stereocenters. The van der Waals surface area contributed by atoms with E-state index in [-0.39, 0.29) is 18.0 Å². The Bertz CT molecular complexity index is 407. The molecule has 1 aromatic rings. The predicted molar refractivity (Wildman–Crippen MR) is 63.0 cm³/mol. The zero-order chi connectivity index (χ0) is 12.7. The minimum Gasteiger partial charge on any atom is -0.478 e. The molecule has 0 aliphatic heterocycles. The molecule has 0 saturated heterocycles. The lowest BCUT2D eigenvalue weighted by atomic mass is 10.2. The zero-order valence-corrected chi connectivity index (χ0v) is 9.56. The molecule has 0 aromatic carbocycles. The summed E-state index contributed by atoms with van der Waals surface area (Å²) in [5, 5.41) is 14.3. The van der Waals surface area contributed by atoms with Crippen molar-refractivity contribution in [1.29, 1.82) is 0 Å². The van der Waals surface area contributed by atoms with Gasteiger partial charge in [0.25, 0.3) is 0 Å². The number of carboxylic acid groups (broad SMARTS) is 1. The molecule has 92 valence electrons. The van der Waals surface area contributed by atoms with E-state index in [2.05, 4.69) is 15.6 Å². The van der Waals surface area contributed by atoms with Crippen molar-refractivity contribution < 1.29 is 14.7 Å². The average Bonchev–Trinajstić information content (AvgIpc) is 2.29. The van der Waals surface area contributed by atoms with Crippen molar-refractivity contribution in [2.24, 2.45) is 0 Å². The molecule has 0 aliphatic rings. The van der Waals surface area contributed by atoms with Crippen LogP contribution in [0.2, 0.25) is 0 Å². The van der Waals surface area contributed by atoms with Gasteiger partial charge in [-0.2, -0.15) is 0 Å². The van der Waals surface area contributed by atoms with Crippen LogP contribution in [0.1, 0.15) is 23.7 Å². The number of rotatable bonds is 6. The summed E-state index contributed by atoms with van der Waals surface area (Å²) in [6, 6.07) is 1.37. The molecule has 3 N–H and O–H groups in total. The molecule has 0 radical (unpaired) electrons. The summed E-state index contributed by atoms with van der Waals surface area (Å²) in [7, 11) is 0. The van der Waals surface area contributed by atoms with Gasteiger partial charge in [0.15, 0.2) is 0 Å². The van der Waals surface area contributed by atoms with Crippen molar-refractivity contribution in [3.63, 3.8) is 0 Å². The van der Waals surface area contributed by atoms with E-state index in [9.17, 15) is 9.59 Å². The van der Waals surface area contributed by atoms with E-state index < -0.39 is 5.97 Å². The summed E-state index contributed by atoms with van der Waals surface area (Å²) in [6.07, 6.45) is 3.58. The van der Waals surface area contributed by atoms with Crippen LogP contribution in [0.4, 0.5) is 5.69 Å². The number of carboxylic acids is 1. The van der Waals surface area contributed by atoms with E-state index in [4.69, 9.17) is 5.11 Å². The first-order valence-electron chi connectivity index (χ1n) is 5.32. The topological polar surface area (TPSA) is 91.3 Å². The second-order valence-corrected chi connectivity index (χ2v) is 3.49. The maximum absolute atomic E-state index is 11.4. The number of aromatic nitrogens is 1. The average molecular weight is 237 g/mol. The van der Waals surface area contributed by atoms with Crippen LogP contribution in [0.15, 0.2) is 18.5 Å². The number of pyridine rings is 1. The highest BCUT2D eigenvalue weighted by Gasteiger charge is 2.06. The second-order valence-electron chi connectivity index (χ2n) is 3.49. The van der Waals surface area contributed by atoms with Crippen molar-refractivity contribution in [3.8, 4) is 0 Å². The van der Waals surface area contributed by atoms with E-state index in [1.165, 1.54) is 18.5 Å². The van der Waals surface area contributed by atoms with Gasteiger partial charge in [-0.25, -0.2) is 4.79 Å². The first-order chi connectivity index (χ1) is 8.13. The van der Waals surface area contributed by atoms with Crippen molar-refractivity contribution in [2.45, 2.75) is 13.3 Å². The Hall–Kier alpha value is -1.95. The Kier molecular flexibility index (Phi) is 5.09. The van der Waals surface area contributed by atoms with Crippen LogP contribution < -0.4 is 10.6 Å². The summed E-state index contributed by atoms with van der Waals surface area (Å²) in [6.45, 7) is 2.97. The van der Waals surface area contributed by atoms with Gasteiger partial charge >= 0.3 is 5.97 Å². The summed E-state index contributed by atoms with van der Waals surface area (Å²) < 4.78 is 0. The fraction of sp³-hybridized carbons (Fsp3) is 0.364. The molecule has 6 nitrogen and oxygen atoms in total. The number of carbonyl (C=O) groups is 2. The molecule has 0 spiro atoms. The van der Waals surface area contributed by atoms with Gasteiger partial charge in [0.05, 0.1) is 24.0 Å². The Morgan fingerprint density at radius 2 is 2.18 bits per heavy atom. The van der Waals surface area contributed by atoms with Gasteiger partial charge in [0, 0.05) is 6.20 Å². The van der Waals surface area contributed by atoms with E-state index >= 15 is 0 Å². The molecule has 1 rings (SSSR count). The lowest BCUT2D eigenvalue weighted by Crippen LogP contribution is -2.28.